The molecule has 0 unspecified atom stereocenters. The highest BCUT2D eigenvalue weighted by Gasteiger charge is 2.13. The molecule has 0 aliphatic rings. The number of pyridine rings is 1. The molecule has 1 aromatic carbocycles. The van der Waals surface area contributed by atoms with Crippen LogP contribution in [0.4, 0.5) is 4.39 Å². The van der Waals surface area contributed by atoms with E-state index in [-0.39, 0.29) is 22.7 Å². The van der Waals surface area contributed by atoms with Gasteiger partial charge in [0.2, 0.25) is 0 Å². The molecule has 0 saturated heterocycles. The third-order valence-corrected chi connectivity index (χ3v) is 3.20. The lowest BCUT2D eigenvalue weighted by atomic mass is 10.2. The minimum Gasteiger partial charge on any atom is -0.477 e. The van der Waals surface area contributed by atoms with Crippen LogP contribution in [0, 0.1) is 12.7 Å². The first-order valence-electron chi connectivity index (χ1n) is 5.78. The smallest absolute Gasteiger partial charge is 0.341 e. The van der Waals surface area contributed by atoms with Gasteiger partial charge >= 0.3 is 5.97 Å². The summed E-state index contributed by atoms with van der Waals surface area (Å²) in [5.74, 6) is -1.84. The summed E-state index contributed by atoms with van der Waals surface area (Å²) >= 11 is 5.66. The molecule has 0 aliphatic carbocycles. The first-order chi connectivity index (χ1) is 9.40. The Balaban J connectivity index is 2.51. The second kappa shape index (κ2) is 5.46. The van der Waals surface area contributed by atoms with Crippen LogP contribution in [-0.4, -0.2) is 15.6 Å². The van der Waals surface area contributed by atoms with Crippen LogP contribution < -0.4 is 5.56 Å². The number of carbonyl (C=O) groups is 1. The van der Waals surface area contributed by atoms with Crippen molar-refractivity contribution in [1.29, 1.82) is 0 Å². The number of nitrogens with zero attached hydrogens (tertiary/aromatic N) is 1. The highest BCUT2D eigenvalue weighted by atomic mass is 35.5. The van der Waals surface area contributed by atoms with Crippen LogP contribution in [0.5, 0.6) is 0 Å². The molecule has 0 atom stereocenters. The van der Waals surface area contributed by atoms with Gasteiger partial charge in [-0.15, -0.1) is 0 Å². The third-order valence-electron chi connectivity index (χ3n) is 2.97. The lowest BCUT2D eigenvalue weighted by Crippen LogP contribution is -2.28. The van der Waals surface area contributed by atoms with Crippen molar-refractivity contribution in [3.63, 3.8) is 0 Å². The van der Waals surface area contributed by atoms with Crippen LogP contribution in [0.1, 0.15) is 21.6 Å². The fraction of sp³-hybridized carbons (Fsp3) is 0.143. The predicted octanol–water partition coefficient (Wildman–Crippen LogP) is 2.70. The molecule has 0 saturated carbocycles. The Hall–Kier alpha value is -2.14. The molecular formula is C14H11ClFNO3. The molecule has 104 valence electrons. The lowest BCUT2D eigenvalue weighted by Gasteiger charge is -2.11. The van der Waals surface area contributed by atoms with Crippen LogP contribution in [-0.2, 0) is 6.54 Å². The van der Waals surface area contributed by atoms with E-state index in [9.17, 15) is 14.0 Å². The summed E-state index contributed by atoms with van der Waals surface area (Å²) in [5, 5.41) is 9.19. The van der Waals surface area contributed by atoms with E-state index < -0.39 is 17.3 Å². The van der Waals surface area contributed by atoms with E-state index in [1.165, 1.54) is 28.8 Å². The quantitative estimate of drug-likeness (QED) is 0.947. The number of rotatable bonds is 3. The first kappa shape index (κ1) is 14.3. The second-order valence-corrected chi connectivity index (χ2v) is 4.76. The summed E-state index contributed by atoms with van der Waals surface area (Å²) in [6, 6.07) is 6.89. The Kier molecular flexibility index (Phi) is 3.90. The summed E-state index contributed by atoms with van der Waals surface area (Å²) in [7, 11) is 0. The van der Waals surface area contributed by atoms with Crippen molar-refractivity contribution in [2.45, 2.75) is 13.5 Å². The predicted molar refractivity (Wildman–Crippen MR) is 72.9 cm³/mol. The Bertz CT molecular complexity index is 740. The van der Waals surface area contributed by atoms with Crippen molar-refractivity contribution in [2.75, 3.05) is 0 Å². The van der Waals surface area contributed by atoms with Crippen LogP contribution in [0.25, 0.3) is 0 Å². The molecule has 0 amide bonds. The van der Waals surface area contributed by atoms with E-state index in [0.29, 0.717) is 5.69 Å². The van der Waals surface area contributed by atoms with Gasteiger partial charge in [-0.2, -0.15) is 0 Å². The number of halogens is 2. The van der Waals surface area contributed by atoms with Gasteiger partial charge in [0.1, 0.15) is 11.4 Å². The van der Waals surface area contributed by atoms with E-state index in [2.05, 4.69) is 0 Å². The van der Waals surface area contributed by atoms with Gasteiger partial charge in [-0.3, -0.25) is 4.79 Å². The Labute approximate surface area is 119 Å². The largest absolute Gasteiger partial charge is 0.477 e. The van der Waals surface area contributed by atoms with Crippen LogP contribution >= 0.6 is 11.6 Å². The SMILES string of the molecule is Cc1ccc(C(=O)O)c(=O)n1Cc1ccc(Cl)cc1F. The number of carboxylic acids is 1. The van der Waals surface area contributed by atoms with Crippen LogP contribution in [0.3, 0.4) is 0 Å². The molecule has 0 fully saturated rings. The average molecular weight is 296 g/mol. The molecule has 0 aliphatic heterocycles. The van der Waals surface area contributed by atoms with Gasteiger partial charge < -0.3 is 9.67 Å². The normalized spacial score (nSPS) is 10.6. The maximum atomic E-state index is 13.7. The third kappa shape index (κ3) is 2.72. The summed E-state index contributed by atoms with van der Waals surface area (Å²) in [6.07, 6.45) is 0. The second-order valence-electron chi connectivity index (χ2n) is 4.32. The number of aromatic nitrogens is 1. The van der Waals surface area contributed by atoms with Gasteiger partial charge in [-0.25, -0.2) is 9.18 Å². The van der Waals surface area contributed by atoms with E-state index in [0.717, 1.165) is 6.07 Å². The zero-order valence-electron chi connectivity index (χ0n) is 10.6. The number of hydrogen-bond donors (Lipinski definition) is 1. The van der Waals surface area contributed by atoms with Crippen LogP contribution in [0.15, 0.2) is 35.1 Å². The summed E-state index contributed by atoms with van der Waals surface area (Å²) in [4.78, 5) is 23.0. The minimum atomic E-state index is -1.31. The maximum absolute atomic E-state index is 13.7. The van der Waals surface area contributed by atoms with E-state index in [1.807, 2.05) is 0 Å². The van der Waals surface area contributed by atoms with Gasteiger partial charge in [0, 0.05) is 16.3 Å². The van der Waals surface area contributed by atoms with Gasteiger partial charge in [-0.05, 0) is 31.2 Å². The molecule has 4 nitrogen and oxygen atoms in total. The number of benzene rings is 1. The Morgan fingerprint density at radius 1 is 1.35 bits per heavy atom. The van der Waals surface area contributed by atoms with Crippen molar-refractivity contribution in [3.8, 4) is 0 Å². The number of carboxylic acid groups (broad SMARTS) is 1. The lowest BCUT2D eigenvalue weighted by molar-refractivity contribution is 0.0694. The molecule has 2 aromatic rings. The molecule has 0 bridgehead atoms. The highest BCUT2D eigenvalue weighted by Crippen LogP contribution is 2.15. The summed E-state index contributed by atoms with van der Waals surface area (Å²) < 4.78 is 15.0. The van der Waals surface area contributed by atoms with Crippen molar-refractivity contribution in [1.82, 2.24) is 4.57 Å². The molecule has 1 aromatic heterocycles. The fourth-order valence-corrected chi connectivity index (χ4v) is 2.01. The standard InChI is InChI=1S/C14H11ClFNO3/c1-8-2-5-11(14(19)20)13(18)17(8)7-9-3-4-10(15)6-12(9)16/h2-6H,7H2,1H3,(H,19,20). The minimum absolute atomic E-state index is 0.0468. The molecule has 1 heterocycles. The van der Waals surface area contributed by atoms with Crippen LogP contribution in [0.2, 0.25) is 5.02 Å². The van der Waals surface area contributed by atoms with Gasteiger partial charge in [0.05, 0.1) is 6.54 Å². The first-order valence-corrected chi connectivity index (χ1v) is 6.15. The van der Waals surface area contributed by atoms with Gasteiger partial charge in [0.25, 0.3) is 5.56 Å². The molecule has 0 radical (unpaired) electrons. The van der Waals surface area contributed by atoms with Gasteiger partial charge in [-0.1, -0.05) is 17.7 Å². The fourth-order valence-electron chi connectivity index (χ4n) is 1.85. The molecular weight excluding hydrogens is 285 g/mol. The van der Waals surface area contributed by atoms with Crippen molar-refractivity contribution >= 4 is 17.6 Å². The van der Waals surface area contributed by atoms with E-state index in [1.54, 1.807) is 6.92 Å². The van der Waals surface area contributed by atoms with E-state index >= 15 is 0 Å². The highest BCUT2D eigenvalue weighted by molar-refractivity contribution is 6.30. The molecule has 1 N–H and O–H groups in total. The summed E-state index contributed by atoms with van der Waals surface area (Å²) in [6.45, 7) is 1.61. The maximum Gasteiger partial charge on any atom is 0.341 e. The summed E-state index contributed by atoms with van der Waals surface area (Å²) in [5.41, 5.74) is -0.187. The van der Waals surface area contributed by atoms with E-state index in [4.69, 9.17) is 16.7 Å². The topological polar surface area (TPSA) is 59.3 Å². The molecule has 20 heavy (non-hydrogen) atoms. The zero-order chi connectivity index (χ0) is 14.9. The number of aryl methyl sites for hydroxylation is 1. The monoisotopic (exact) mass is 295 g/mol. The Morgan fingerprint density at radius 2 is 2.05 bits per heavy atom. The van der Waals surface area contributed by atoms with Crippen molar-refractivity contribution < 1.29 is 14.3 Å². The van der Waals surface area contributed by atoms with Gasteiger partial charge in [0.15, 0.2) is 0 Å². The number of aromatic carboxylic acids is 1. The molecule has 6 heteroatoms. The molecule has 0 spiro atoms. The Morgan fingerprint density at radius 3 is 2.65 bits per heavy atom. The van der Waals surface area contributed by atoms with Crippen molar-refractivity contribution in [3.05, 3.63) is 68.3 Å². The average Bonchev–Trinajstić information content (AvgIpc) is 2.36. The molecule has 2 rings (SSSR count). The van der Waals surface area contributed by atoms with Crippen molar-refractivity contribution in [2.24, 2.45) is 0 Å². The number of hydrogen-bond acceptors (Lipinski definition) is 2. The zero-order valence-corrected chi connectivity index (χ0v) is 11.3.